The zero-order chi connectivity index (χ0) is 19.2. The van der Waals surface area contributed by atoms with Crippen molar-refractivity contribution >= 4 is 0 Å². The highest BCUT2D eigenvalue weighted by atomic mass is 16.5. The molecule has 2 N–H and O–H groups in total. The number of aromatic amines is 1. The van der Waals surface area contributed by atoms with Gasteiger partial charge in [-0.15, -0.1) is 0 Å². The Balaban J connectivity index is 1.38. The molecule has 0 saturated carbocycles. The molecule has 7 heteroatoms. The van der Waals surface area contributed by atoms with E-state index in [4.69, 9.17) is 14.2 Å². The van der Waals surface area contributed by atoms with Crippen LogP contribution in [0, 0.1) is 5.92 Å². The van der Waals surface area contributed by atoms with Crippen molar-refractivity contribution in [3.05, 3.63) is 36.0 Å². The van der Waals surface area contributed by atoms with Crippen LogP contribution in [-0.4, -0.2) is 74.3 Å². The van der Waals surface area contributed by atoms with E-state index in [0.717, 1.165) is 76.0 Å². The highest BCUT2D eigenvalue weighted by Crippen LogP contribution is 2.25. The van der Waals surface area contributed by atoms with Crippen molar-refractivity contribution < 1.29 is 14.2 Å². The summed E-state index contributed by atoms with van der Waals surface area (Å²) in [6, 6.07) is 8.55. The normalized spacial score (nSPS) is 21.7. The van der Waals surface area contributed by atoms with Crippen LogP contribution >= 0.6 is 0 Å². The van der Waals surface area contributed by atoms with E-state index in [1.54, 1.807) is 7.11 Å². The number of nitrogens with one attached hydrogen (secondary N) is 2. The lowest BCUT2D eigenvalue weighted by Gasteiger charge is -2.37. The summed E-state index contributed by atoms with van der Waals surface area (Å²) >= 11 is 0. The van der Waals surface area contributed by atoms with Gasteiger partial charge in [0.2, 0.25) is 0 Å². The van der Waals surface area contributed by atoms with Gasteiger partial charge in [0.15, 0.2) is 0 Å². The maximum atomic E-state index is 5.67. The summed E-state index contributed by atoms with van der Waals surface area (Å²) in [6.07, 6.45) is 3.06. The molecule has 152 valence electrons. The Kier molecular flexibility index (Phi) is 6.59. The average Bonchev–Trinajstić information content (AvgIpc) is 3.44. The van der Waals surface area contributed by atoms with Gasteiger partial charge < -0.3 is 19.5 Å². The number of ether oxygens (including phenoxy) is 3. The van der Waals surface area contributed by atoms with Crippen molar-refractivity contribution in [2.24, 2.45) is 5.92 Å². The van der Waals surface area contributed by atoms with Crippen LogP contribution in [0.25, 0.3) is 11.3 Å². The molecule has 1 aromatic carbocycles. The molecule has 4 rings (SSSR count). The molecule has 2 aliphatic rings. The second-order valence-electron chi connectivity index (χ2n) is 7.47. The Morgan fingerprint density at radius 1 is 1.21 bits per heavy atom. The molecule has 3 heterocycles. The second kappa shape index (κ2) is 9.52. The standard InChI is InChI=1S/C21H30N4O3/c1-26-19-4-2-16(3-5-19)21-18(13-23-24-21)12-22-14-20(17-6-9-28-15-17)25-7-10-27-11-8-25/h2-5,13,17,20,22H,6-12,14-15H2,1H3,(H,23,24)/t17-,20+/m0/s1. The number of rotatable bonds is 8. The molecule has 1 aromatic heterocycles. The summed E-state index contributed by atoms with van der Waals surface area (Å²) in [6.45, 7) is 7.15. The summed E-state index contributed by atoms with van der Waals surface area (Å²) < 4.78 is 16.5. The van der Waals surface area contributed by atoms with E-state index in [1.807, 2.05) is 18.3 Å². The van der Waals surface area contributed by atoms with Crippen LogP contribution in [0.2, 0.25) is 0 Å². The molecule has 28 heavy (non-hydrogen) atoms. The zero-order valence-corrected chi connectivity index (χ0v) is 16.5. The number of hydrogen-bond donors (Lipinski definition) is 2. The van der Waals surface area contributed by atoms with Gasteiger partial charge in [-0.1, -0.05) is 0 Å². The minimum absolute atomic E-state index is 0.489. The third kappa shape index (κ3) is 4.55. The first kappa shape index (κ1) is 19.4. The van der Waals surface area contributed by atoms with Gasteiger partial charge in [0.25, 0.3) is 0 Å². The van der Waals surface area contributed by atoms with Crippen molar-refractivity contribution in [3.63, 3.8) is 0 Å². The van der Waals surface area contributed by atoms with Gasteiger partial charge in [0.1, 0.15) is 5.75 Å². The summed E-state index contributed by atoms with van der Waals surface area (Å²) in [4.78, 5) is 2.57. The number of hydrogen-bond acceptors (Lipinski definition) is 6. The van der Waals surface area contributed by atoms with Crippen LogP contribution in [0.3, 0.4) is 0 Å². The van der Waals surface area contributed by atoms with E-state index in [0.29, 0.717) is 12.0 Å². The Morgan fingerprint density at radius 2 is 2.04 bits per heavy atom. The van der Waals surface area contributed by atoms with Crippen LogP contribution in [0.15, 0.2) is 30.5 Å². The molecule has 0 bridgehead atoms. The Labute approximate surface area is 166 Å². The van der Waals surface area contributed by atoms with Crippen molar-refractivity contribution in [2.75, 3.05) is 53.2 Å². The predicted molar refractivity (Wildman–Crippen MR) is 107 cm³/mol. The monoisotopic (exact) mass is 386 g/mol. The molecule has 0 unspecified atom stereocenters. The lowest BCUT2D eigenvalue weighted by atomic mass is 9.96. The molecule has 0 radical (unpaired) electrons. The molecule has 2 saturated heterocycles. The van der Waals surface area contributed by atoms with Crippen molar-refractivity contribution in [1.29, 1.82) is 0 Å². The first-order valence-corrected chi connectivity index (χ1v) is 10.1. The number of nitrogens with zero attached hydrogens (tertiary/aromatic N) is 2. The molecule has 2 atom stereocenters. The topological polar surface area (TPSA) is 71.6 Å². The number of aromatic nitrogens is 2. The van der Waals surface area contributed by atoms with Gasteiger partial charge in [-0.25, -0.2) is 0 Å². The van der Waals surface area contributed by atoms with E-state index in [1.165, 1.54) is 5.56 Å². The third-order valence-corrected chi connectivity index (χ3v) is 5.79. The lowest BCUT2D eigenvalue weighted by Crippen LogP contribution is -2.51. The fraction of sp³-hybridized carbons (Fsp3) is 0.571. The highest BCUT2D eigenvalue weighted by Gasteiger charge is 2.31. The van der Waals surface area contributed by atoms with Gasteiger partial charge in [-0.2, -0.15) is 5.10 Å². The second-order valence-corrected chi connectivity index (χ2v) is 7.47. The minimum atomic E-state index is 0.489. The van der Waals surface area contributed by atoms with Crippen molar-refractivity contribution in [2.45, 2.75) is 19.0 Å². The largest absolute Gasteiger partial charge is 0.497 e. The van der Waals surface area contributed by atoms with E-state index >= 15 is 0 Å². The predicted octanol–water partition coefficient (Wildman–Crippen LogP) is 1.91. The Morgan fingerprint density at radius 3 is 2.75 bits per heavy atom. The molecular weight excluding hydrogens is 356 g/mol. The quantitative estimate of drug-likeness (QED) is 0.722. The number of H-pyrrole nitrogens is 1. The van der Waals surface area contributed by atoms with E-state index < -0.39 is 0 Å². The summed E-state index contributed by atoms with van der Waals surface area (Å²) in [5.74, 6) is 1.45. The molecule has 2 aromatic rings. The fourth-order valence-electron chi connectivity index (χ4n) is 4.17. The first-order chi connectivity index (χ1) is 13.8. The molecule has 2 fully saturated rings. The van der Waals surface area contributed by atoms with Crippen molar-refractivity contribution in [3.8, 4) is 17.0 Å². The first-order valence-electron chi connectivity index (χ1n) is 10.1. The summed E-state index contributed by atoms with van der Waals surface area (Å²) in [7, 11) is 1.68. The minimum Gasteiger partial charge on any atom is -0.497 e. The maximum Gasteiger partial charge on any atom is 0.118 e. The number of morpholine rings is 1. The lowest BCUT2D eigenvalue weighted by molar-refractivity contribution is 0.00137. The van der Waals surface area contributed by atoms with Crippen LogP contribution in [0.4, 0.5) is 0 Å². The number of benzene rings is 1. The van der Waals surface area contributed by atoms with Gasteiger partial charge >= 0.3 is 0 Å². The molecule has 7 nitrogen and oxygen atoms in total. The fourth-order valence-corrected chi connectivity index (χ4v) is 4.17. The molecule has 2 aliphatic heterocycles. The molecule has 0 aliphatic carbocycles. The highest BCUT2D eigenvalue weighted by molar-refractivity contribution is 5.63. The Bertz CT molecular complexity index is 722. The summed E-state index contributed by atoms with van der Waals surface area (Å²) in [5, 5.41) is 11.1. The van der Waals surface area contributed by atoms with Crippen LogP contribution < -0.4 is 10.1 Å². The smallest absolute Gasteiger partial charge is 0.118 e. The van der Waals surface area contributed by atoms with Gasteiger partial charge in [-0.05, 0) is 30.7 Å². The van der Waals surface area contributed by atoms with E-state index in [9.17, 15) is 0 Å². The van der Waals surface area contributed by atoms with E-state index in [-0.39, 0.29) is 0 Å². The molecule has 0 spiro atoms. The van der Waals surface area contributed by atoms with Crippen LogP contribution in [0.1, 0.15) is 12.0 Å². The zero-order valence-electron chi connectivity index (χ0n) is 16.5. The van der Waals surface area contributed by atoms with Crippen molar-refractivity contribution in [1.82, 2.24) is 20.4 Å². The van der Waals surface area contributed by atoms with Gasteiger partial charge in [-0.3, -0.25) is 10.00 Å². The number of methoxy groups -OCH3 is 1. The average molecular weight is 386 g/mol. The molecular formula is C21H30N4O3. The molecule has 0 amide bonds. The van der Waals surface area contributed by atoms with Gasteiger partial charge in [0.05, 0.1) is 38.8 Å². The summed E-state index contributed by atoms with van der Waals surface area (Å²) in [5.41, 5.74) is 3.35. The Hall–Kier alpha value is -1.93. The van der Waals surface area contributed by atoms with Crippen LogP contribution in [-0.2, 0) is 16.0 Å². The third-order valence-electron chi connectivity index (χ3n) is 5.79. The van der Waals surface area contributed by atoms with Crippen LogP contribution in [0.5, 0.6) is 5.75 Å². The maximum absolute atomic E-state index is 5.67. The van der Waals surface area contributed by atoms with E-state index in [2.05, 4.69) is 32.5 Å². The van der Waals surface area contributed by atoms with Gasteiger partial charge in [0, 0.05) is 55.9 Å². The SMILES string of the molecule is COc1ccc(-c2[nH]ncc2CNC[C@H]([C@H]2CCOC2)N2CCOCC2)cc1.